The molecule has 2 aromatic carbocycles. The van der Waals surface area contributed by atoms with Crippen molar-refractivity contribution in [3.63, 3.8) is 0 Å². The van der Waals surface area contributed by atoms with E-state index in [4.69, 9.17) is 21.1 Å². The van der Waals surface area contributed by atoms with Crippen molar-refractivity contribution in [1.82, 2.24) is 20.2 Å². The lowest BCUT2D eigenvalue weighted by molar-refractivity contribution is -0.118. The first-order valence-corrected chi connectivity index (χ1v) is 10.8. The van der Waals surface area contributed by atoms with Crippen LogP contribution in [0.15, 0.2) is 52.7 Å². The molecule has 0 saturated heterocycles. The number of nitrogens with one attached hydrogen (secondary N) is 1. The number of thioether (sulfide) groups is 1. The lowest BCUT2D eigenvalue weighted by atomic mass is 10.2. The zero-order chi connectivity index (χ0) is 22.2. The highest BCUT2D eigenvalue weighted by Gasteiger charge is 2.16. The Morgan fingerprint density at radius 3 is 2.58 bits per heavy atom. The lowest BCUT2D eigenvalue weighted by Crippen LogP contribution is -2.20. The van der Waals surface area contributed by atoms with E-state index in [9.17, 15) is 4.79 Å². The van der Waals surface area contributed by atoms with E-state index in [1.54, 1.807) is 32.6 Å². The fourth-order valence-electron chi connectivity index (χ4n) is 2.76. The number of ether oxygens (including phenoxy) is 2. The predicted molar refractivity (Wildman–Crippen MR) is 122 cm³/mol. The molecule has 0 atom stereocenters. The van der Waals surface area contributed by atoms with Crippen molar-refractivity contribution in [3.05, 3.63) is 53.1 Å². The van der Waals surface area contributed by atoms with Crippen LogP contribution in [0.25, 0.3) is 11.4 Å². The van der Waals surface area contributed by atoms with Crippen LogP contribution in [-0.4, -0.2) is 46.9 Å². The Labute approximate surface area is 189 Å². The Morgan fingerprint density at radius 1 is 1.16 bits per heavy atom. The maximum absolute atomic E-state index is 12.1. The molecule has 3 aromatic rings. The number of nitrogens with zero attached hydrogens (tertiary/aromatic N) is 4. The first-order valence-electron chi connectivity index (χ1n) is 9.41. The second-order valence-electron chi connectivity index (χ2n) is 6.25. The van der Waals surface area contributed by atoms with E-state index in [2.05, 4.69) is 20.7 Å². The number of methoxy groups -OCH3 is 2. The van der Waals surface area contributed by atoms with Crippen molar-refractivity contribution in [2.75, 3.05) is 20.0 Å². The summed E-state index contributed by atoms with van der Waals surface area (Å²) in [4.78, 5) is 12.1. The van der Waals surface area contributed by atoms with Gasteiger partial charge in [-0.3, -0.25) is 4.79 Å². The number of hydrogen-bond donors (Lipinski definition) is 1. The van der Waals surface area contributed by atoms with Gasteiger partial charge in [0.25, 0.3) is 5.91 Å². The Hall–Kier alpha value is -3.04. The standard InChI is InChI=1S/C21H22ClN5O3S/c1-4-27-20(15-7-10-17(29-2)18(11-15)30-3)25-26-21(27)31-13-19(28)24-23-12-14-5-8-16(22)9-6-14/h5-12H,4,13H2,1-3H3,(H,24,28)/b23-12+. The van der Waals surface area contributed by atoms with Gasteiger partial charge < -0.3 is 14.0 Å². The van der Waals surface area contributed by atoms with Crippen molar-refractivity contribution in [2.24, 2.45) is 5.10 Å². The molecule has 0 aliphatic carbocycles. The summed E-state index contributed by atoms with van der Waals surface area (Å²) in [5.74, 6) is 1.85. The van der Waals surface area contributed by atoms with E-state index in [1.807, 2.05) is 41.8 Å². The first kappa shape index (κ1) is 22.6. The number of hydrogen-bond acceptors (Lipinski definition) is 7. The number of halogens is 1. The van der Waals surface area contributed by atoms with Crippen LogP contribution in [0.3, 0.4) is 0 Å². The Bertz CT molecular complexity index is 1070. The number of amides is 1. The van der Waals surface area contributed by atoms with E-state index in [0.717, 1.165) is 11.1 Å². The van der Waals surface area contributed by atoms with Gasteiger partial charge in [0, 0.05) is 17.1 Å². The molecule has 3 rings (SSSR count). The fraction of sp³-hybridized carbons (Fsp3) is 0.238. The summed E-state index contributed by atoms with van der Waals surface area (Å²) >= 11 is 7.14. The first-order chi connectivity index (χ1) is 15.0. The monoisotopic (exact) mass is 459 g/mol. The number of benzene rings is 2. The summed E-state index contributed by atoms with van der Waals surface area (Å²) < 4.78 is 12.6. The molecule has 1 aromatic heterocycles. The fourth-order valence-corrected chi connectivity index (χ4v) is 3.68. The molecule has 1 N–H and O–H groups in total. The second-order valence-corrected chi connectivity index (χ2v) is 7.63. The molecular formula is C21H22ClN5O3S. The van der Waals surface area contributed by atoms with E-state index in [0.29, 0.717) is 34.0 Å². The summed E-state index contributed by atoms with van der Waals surface area (Å²) in [5, 5.41) is 13.8. The van der Waals surface area contributed by atoms with Crippen LogP contribution in [-0.2, 0) is 11.3 Å². The molecule has 0 aliphatic rings. The van der Waals surface area contributed by atoms with Crippen molar-refractivity contribution in [1.29, 1.82) is 0 Å². The number of rotatable bonds is 9. The van der Waals surface area contributed by atoms with Gasteiger partial charge in [-0.15, -0.1) is 10.2 Å². The van der Waals surface area contributed by atoms with Crippen molar-refractivity contribution >= 4 is 35.5 Å². The van der Waals surface area contributed by atoms with Crippen LogP contribution in [0.2, 0.25) is 5.02 Å². The van der Waals surface area contributed by atoms with E-state index in [-0.39, 0.29) is 11.7 Å². The van der Waals surface area contributed by atoms with Gasteiger partial charge in [-0.2, -0.15) is 5.10 Å². The SMILES string of the molecule is CCn1c(SCC(=O)N/N=C/c2ccc(Cl)cc2)nnc1-c1ccc(OC)c(OC)c1. The smallest absolute Gasteiger partial charge is 0.250 e. The highest BCUT2D eigenvalue weighted by atomic mass is 35.5. The summed E-state index contributed by atoms with van der Waals surface area (Å²) in [5.41, 5.74) is 4.19. The van der Waals surface area contributed by atoms with Crippen LogP contribution >= 0.6 is 23.4 Å². The molecule has 0 aliphatic heterocycles. The Morgan fingerprint density at radius 2 is 1.90 bits per heavy atom. The number of carbonyl (C=O) groups is 1. The van der Waals surface area contributed by atoms with Gasteiger partial charge >= 0.3 is 0 Å². The third kappa shape index (κ3) is 5.77. The quantitative estimate of drug-likeness (QED) is 0.296. The zero-order valence-electron chi connectivity index (χ0n) is 17.3. The molecule has 0 bridgehead atoms. The molecule has 1 heterocycles. The third-order valence-electron chi connectivity index (χ3n) is 4.28. The number of carbonyl (C=O) groups excluding carboxylic acids is 1. The van der Waals surface area contributed by atoms with Crippen molar-refractivity contribution < 1.29 is 14.3 Å². The third-order valence-corrected chi connectivity index (χ3v) is 5.50. The van der Waals surface area contributed by atoms with Crippen LogP contribution in [0.4, 0.5) is 0 Å². The highest BCUT2D eigenvalue weighted by molar-refractivity contribution is 7.99. The molecule has 10 heteroatoms. The molecule has 162 valence electrons. The minimum atomic E-state index is -0.242. The largest absolute Gasteiger partial charge is 0.493 e. The van der Waals surface area contributed by atoms with Gasteiger partial charge in [0.1, 0.15) is 0 Å². The van der Waals surface area contributed by atoms with E-state index < -0.39 is 0 Å². The minimum Gasteiger partial charge on any atom is -0.493 e. The molecule has 0 saturated carbocycles. The summed E-state index contributed by atoms with van der Waals surface area (Å²) in [6.45, 7) is 2.64. The molecule has 0 radical (unpaired) electrons. The van der Waals surface area contributed by atoms with E-state index >= 15 is 0 Å². The van der Waals surface area contributed by atoms with E-state index in [1.165, 1.54) is 11.8 Å². The summed E-state index contributed by atoms with van der Waals surface area (Å²) in [6.07, 6.45) is 1.56. The van der Waals surface area contributed by atoms with Crippen LogP contribution in [0, 0.1) is 0 Å². The predicted octanol–water partition coefficient (Wildman–Crippen LogP) is 3.88. The zero-order valence-corrected chi connectivity index (χ0v) is 18.9. The number of hydrazone groups is 1. The molecule has 31 heavy (non-hydrogen) atoms. The van der Waals surface area contributed by atoms with Crippen molar-refractivity contribution in [2.45, 2.75) is 18.6 Å². The molecule has 0 spiro atoms. The second kappa shape index (κ2) is 10.8. The van der Waals surface area contributed by atoms with Crippen LogP contribution < -0.4 is 14.9 Å². The van der Waals surface area contributed by atoms with Crippen molar-refractivity contribution in [3.8, 4) is 22.9 Å². The van der Waals surface area contributed by atoms with Gasteiger partial charge in [0.05, 0.1) is 26.2 Å². The van der Waals surface area contributed by atoms with Crippen LogP contribution in [0.1, 0.15) is 12.5 Å². The minimum absolute atomic E-state index is 0.155. The summed E-state index contributed by atoms with van der Waals surface area (Å²) in [7, 11) is 3.17. The highest BCUT2D eigenvalue weighted by Crippen LogP contribution is 2.32. The lowest BCUT2D eigenvalue weighted by Gasteiger charge is -2.10. The maximum Gasteiger partial charge on any atom is 0.250 e. The average Bonchev–Trinajstić information content (AvgIpc) is 3.21. The normalized spacial score (nSPS) is 11.0. The summed E-state index contributed by atoms with van der Waals surface area (Å²) in [6, 6.07) is 12.7. The molecular weight excluding hydrogens is 438 g/mol. The van der Waals surface area contributed by atoms with Gasteiger partial charge in [-0.1, -0.05) is 35.5 Å². The average molecular weight is 460 g/mol. The van der Waals surface area contributed by atoms with Crippen LogP contribution in [0.5, 0.6) is 11.5 Å². The number of aromatic nitrogens is 3. The van der Waals surface area contributed by atoms with Gasteiger partial charge in [0.2, 0.25) is 0 Å². The van der Waals surface area contributed by atoms with Gasteiger partial charge in [-0.05, 0) is 42.8 Å². The van der Waals surface area contributed by atoms with Gasteiger partial charge in [-0.25, -0.2) is 5.43 Å². The topological polar surface area (TPSA) is 90.6 Å². The Kier molecular flexibility index (Phi) is 7.91. The molecule has 0 unspecified atom stereocenters. The molecule has 1 amide bonds. The molecule has 8 nitrogen and oxygen atoms in total. The van der Waals surface area contributed by atoms with Gasteiger partial charge in [0.15, 0.2) is 22.5 Å². The molecule has 0 fully saturated rings. The Balaban J connectivity index is 1.64. The maximum atomic E-state index is 12.1.